The van der Waals surface area contributed by atoms with Crippen LogP contribution in [0.2, 0.25) is 0 Å². The molecule has 3 aromatic carbocycles. The summed E-state index contributed by atoms with van der Waals surface area (Å²) in [5.41, 5.74) is 6.94. The largest absolute Gasteiger partial charge is 0.366 e. The Bertz CT molecular complexity index is 1320. The number of para-hydroxylation sites is 2. The summed E-state index contributed by atoms with van der Waals surface area (Å²) < 4.78 is 0.798. The smallest absolute Gasteiger partial charge is 0.275 e. The average molecular weight is 511 g/mol. The quantitative estimate of drug-likeness (QED) is 0.155. The number of Topliss-reactive ketones (excluding diaryl/α,β-unsaturated/α-hetero) is 1. The number of amides is 1. The highest BCUT2D eigenvalue weighted by atomic mass is 79.9. The summed E-state index contributed by atoms with van der Waals surface area (Å²) >= 11 is 4.41. The second-order valence-electron chi connectivity index (χ2n) is 6.82. The number of aromatic amines is 1. The van der Waals surface area contributed by atoms with Gasteiger partial charge in [-0.25, -0.2) is 4.98 Å². The highest BCUT2D eigenvalue weighted by Gasteiger charge is 2.31. The van der Waals surface area contributed by atoms with Crippen LogP contribution in [0.3, 0.4) is 0 Å². The number of nitro benzene ring substituents is 1. The Balaban J connectivity index is 1.83. The Morgan fingerprint density at radius 3 is 2.41 bits per heavy atom. The molecule has 0 fully saturated rings. The lowest BCUT2D eigenvalue weighted by Crippen LogP contribution is -2.15. The monoisotopic (exact) mass is 510 g/mol. The number of hydrogen-bond acceptors (Lipinski definition) is 6. The number of imidazole rings is 1. The number of H-pyrrole nitrogens is 1. The van der Waals surface area contributed by atoms with Crippen molar-refractivity contribution in [3.05, 3.63) is 98.0 Å². The number of nitrogens with two attached hydrogens (primary N) is 1. The molecule has 0 radical (unpaired) electrons. The molecule has 1 amide bonds. The number of aromatic nitrogens is 2. The maximum Gasteiger partial charge on any atom is 0.275 e. The van der Waals surface area contributed by atoms with Gasteiger partial charge in [0.2, 0.25) is 5.91 Å². The van der Waals surface area contributed by atoms with E-state index in [2.05, 4.69) is 25.9 Å². The number of carbonyl (C=O) groups is 2. The number of rotatable bonds is 7. The molecular formula is C22H15BrN4O4S. The van der Waals surface area contributed by atoms with Crippen LogP contribution >= 0.6 is 27.7 Å². The molecule has 0 bridgehead atoms. The predicted octanol–water partition coefficient (Wildman–Crippen LogP) is 5.05. The molecule has 8 nitrogen and oxygen atoms in total. The van der Waals surface area contributed by atoms with Gasteiger partial charge in [-0.1, -0.05) is 52.0 Å². The van der Waals surface area contributed by atoms with Crippen molar-refractivity contribution >= 4 is 56.1 Å². The van der Waals surface area contributed by atoms with Gasteiger partial charge in [0.05, 0.1) is 21.5 Å². The molecule has 1 heterocycles. The SMILES string of the molecule is NC(=O)c1ccc(C(Sc2nc3ccccc3[nH]2)C(=O)c2ccc(Br)cc2)c([N+](=O)[O-])c1. The summed E-state index contributed by atoms with van der Waals surface area (Å²) in [6.45, 7) is 0. The summed E-state index contributed by atoms with van der Waals surface area (Å²) in [5.74, 6) is -1.13. The van der Waals surface area contributed by atoms with Crippen LogP contribution < -0.4 is 5.73 Å². The van der Waals surface area contributed by atoms with Crippen LogP contribution in [0.5, 0.6) is 0 Å². The van der Waals surface area contributed by atoms with Gasteiger partial charge in [-0.15, -0.1) is 0 Å². The van der Waals surface area contributed by atoms with E-state index < -0.39 is 16.1 Å². The van der Waals surface area contributed by atoms with Crippen molar-refractivity contribution in [2.24, 2.45) is 5.73 Å². The van der Waals surface area contributed by atoms with E-state index in [4.69, 9.17) is 5.73 Å². The van der Waals surface area contributed by atoms with Crippen LogP contribution in [0, 0.1) is 10.1 Å². The number of fused-ring (bicyclic) bond motifs is 1. The molecule has 160 valence electrons. The molecule has 10 heteroatoms. The minimum Gasteiger partial charge on any atom is -0.366 e. The van der Waals surface area contributed by atoms with Crippen molar-refractivity contribution in [2.45, 2.75) is 10.4 Å². The van der Waals surface area contributed by atoms with Crippen LogP contribution in [0.1, 0.15) is 31.5 Å². The average Bonchev–Trinajstić information content (AvgIpc) is 3.19. The van der Waals surface area contributed by atoms with E-state index in [1.807, 2.05) is 24.3 Å². The van der Waals surface area contributed by atoms with Gasteiger partial charge in [0.25, 0.3) is 5.69 Å². The summed E-state index contributed by atoms with van der Waals surface area (Å²) in [6.07, 6.45) is 0. The number of thioether (sulfide) groups is 1. The van der Waals surface area contributed by atoms with Gasteiger partial charge in [-0.2, -0.15) is 0 Å². The van der Waals surface area contributed by atoms with E-state index in [-0.39, 0.29) is 22.6 Å². The normalized spacial score (nSPS) is 11.9. The molecule has 32 heavy (non-hydrogen) atoms. The van der Waals surface area contributed by atoms with E-state index >= 15 is 0 Å². The van der Waals surface area contributed by atoms with Crippen LogP contribution in [0.4, 0.5) is 5.69 Å². The van der Waals surface area contributed by atoms with Gasteiger partial charge in [-0.3, -0.25) is 19.7 Å². The second-order valence-corrected chi connectivity index (χ2v) is 8.83. The summed E-state index contributed by atoms with van der Waals surface area (Å²) in [7, 11) is 0. The molecule has 0 aliphatic heterocycles. The number of benzene rings is 3. The van der Waals surface area contributed by atoms with Gasteiger partial charge >= 0.3 is 0 Å². The molecular weight excluding hydrogens is 496 g/mol. The standard InChI is InChI=1S/C22H15BrN4O4S/c23-14-8-5-12(6-9-14)19(28)20(32-22-25-16-3-1-2-4-17(16)26-22)15-10-7-13(21(24)29)11-18(15)27(30)31/h1-11,20H,(H2,24,29)(H,25,26). The molecule has 4 rings (SSSR count). The number of nitro groups is 1. The zero-order valence-corrected chi connectivity index (χ0v) is 18.7. The predicted molar refractivity (Wildman–Crippen MR) is 125 cm³/mol. The third-order valence-corrected chi connectivity index (χ3v) is 6.41. The first kappa shape index (κ1) is 21.7. The maximum atomic E-state index is 13.5. The number of primary amides is 1. The summed E-state index contributed by atoms with van der Waals surface area (Å²) in [4.78, 5) is 43.8. The third-order valence-electron chi connectivity index (χ3n) is 4.76. The molecule has 1 aromatic heterocycles. The van der Waals surface area contributed by atoms with Crippen molar-refractivity contribution in [3.63, 3.8) is 0 Å². The maximum absolute atomic E-state index is 13.5. The fourth-order valence-corrected chi connectivity index (χ4v) is 4.57. The van der Waals surface area contributed by atoms with Crippen LogP contribution in [-0.2, 0) is 0 Å². The number of ketones is 1. The van der Waals surface area contributed by atoms with Gasteiger partial charge in [0.15, 0.2) is 10.9 Å². The molecule has 1 atom stereocenters. The molecule has 4 aromatic rings. The van der Waals surface area contributed by atoms with Crippen LogP contribution in [0.25, 0.3) is 11.0 Å². The Labute approximate surface area is 194 Å². The lowest BCUT2D eigenvalue weighted by molar-refractivity contribution is -0.385. The lowest BCUT2D eigenvalue weighted by Gasteiger charge is -2.15. The van der Waals surface area contributed by atoms with E-state index in [1.54, 1.807) is 24.3 Å². The van der Waals surface area contributed by atoms with E-state index in [0.29, 0.717) is 16.2 Å². The Hall–Kier alpha value is -3.50. The highest BCUT2D eigenvalue weighted by molar-refractivity contribution is 9.10. The van der Waals surface area contributed by atoms with Gasteiger partial charge in [0, 0.05) is 21.7 Å². The molecule has 0 aliphatic rings. The zero-order chi connectivity index (χ0) is 22.8. The van der Waals surface area contributed by atoms with Gasteiger partial charge in [0.1, 0.15) is 5.25 Å². The zero-order valence-electron chi connectivity index (χ0n) is 16.3. The minimum absolute atomic E-state index is 0.0102. The fraction of sp³-hybridized carbons (Fsp3) is 0.0455. The lowest BCUT2D eigenvalue weighted by atomic mass is 9.99. The number of nitrogens with one attached hydrogen (secondary N) is 1. The number of carbonyl (C=O) groups excluding carboxylic acids is 2. The molecule has 0 saturated carbocycles. The van der Waals surface area contributed by atoms with Crippen molar-refractivity contribution in [3.8, 4) is 0 Å². The minimum atomic E-state index is -0.987. The van der Waals surface area contributed by atoms with Gasteiger partial charge < -0.3 is 10.7 Å². The van der Waals surface area contributed by atoms with Crippen LogP contribution in [0.15, 0.2) is 76.4 Å². The fourth-order valence-electron chi connectivity index (χ4n) is 3.20. The molecule has 0 saturated heterocycles. The molecule has 1 unspecified atom stereocenters. The van der Waals surface area contributed by atoms with Crippen molar-refractivity contribution < 1.29 is 14.5 Å². The van der Waals surface area contributed by atoms with Gasteiger partial charge in [-0.05, 0) is 36.4 Å². The Morgan fingerprint density at radius 1 is 1.06 bits per heavy atom. The Morgan fingerprint density at radius 2 is 1.75 bits per heavy atom. The molecule has 0 spiro atoms. The molecule has 0 aliphatic carbocycles. The number of hydrogen-bond donors (Lipinski definition) is 2. The van der Waals surface area contributed by atoms with E-state index in [0.717, 1.165) is 27.8 Å². The number of halogens is 1. The summed E-state index contributed by atoms with van der Waals surface area (Å²) in [6, 6.07) is 18.0. The number of nitrogens with zero attached hydrogens (tertiary/aromatic N) is 2. The van der Waals surface area contributed by atoms with E-state index in [9.17, 15) is 19.7 Å². The van der Waals surface area contributed by atoms with Crippen molar-refractivity contribution in [1.29, 1.82) is 0 Å². The molecule has 3 N–H and O–H groups in total. The summed E-state index contributed by atoms with van der Waals surface area (Å²) in [5, 5.41) is 11.3. The van der Waals surface area contributed by atoms with Crippen LogP contribution in [-0.4, -0.2) is 26.6 Å². The van der Waals surface area contributed by atoms with Crippen molar-refractivity contribution in [1.82, 2.24) is 9.97 Å². The third kappa shape index (κ3) is 4.41. The highest BCUT2D eigenvalue weighted by Crippen LogP contribution is 2.41. The Kier molecular flexibility index (Phi) is 6.06. The topological polar surface area (TPSA) is 132 Å². The van der Waals surface area contributed by atoms with Crippen molar-refractivity contribution in [2.75, 3.05) is 0 Å². The first-order chi connectivity index (χ1) is 15.3. The first-order valence-corrected chi connectivity index (χ1v) is 11.0. The second kappa shape index (κ2) is 8.93. The van der Waals surface area contributed by atoms with E-state index in [1.165, 1.54) is 12.1 Å². The first-order valence-electron chi connectivity index (χ1n) is 9.33.